The summed E-state index contributed by atoms with van der Waals surface area (Å²) in [6.07, 6.45) is -5.19. The lowest BCUT2D eigenvalue weighted by Crippen LogP contribution is -2.16. The van der Waals surface area contributed by atoms with Gasteiger partial charge in [-0.2, -0.15) is 26.3 Å². The van der Waals surface area contributed by atoms with Gasteiger partial charge in [-0.25, -0.2) is 13.4 Å². The van der Waals surface area contributed by atoms with Gasteiger partial charge in [-0.05, 0) is 54.4 Å². The number of fused-ring (bicyclic) bond motifs is 1. The third-order valence-corrected chi connectivity index (χ3v) is 7.31. The minimum Gasteiger partial charge on any atom is -0.306 e. The molecule has 0 radical (unpaired) electrons. The van der Waals surface area contributed by atoms with Gasteiger partial charge in [0.25, 0.3) is 0 Å². The van der Waals surface area contributed by atoms with Crippen molar-refractivity contribution in [2.75, 3.05) is 0 Å². The summed E-state index contributed by atoms with van der Waals surface area (Å²) < 4.78 is 106. The number of rotatable bonds is 6. The SMILES string of the molecule is O=C(CCc1ccc(S(=O)(=O)c2ccc(C(F)(F)F)cc2C(F)(F)F)cc1)c1ccc2nccn2c1. The number of sulfone groups is 1. The molecule has 2 heterocycles. The number of ketones is 1. The van der Waals surface area contributed by atoms with Crippen molar-refractivity contribution in [3.8, 4) is 0 Å². The quantitative estimate of drug-likeness (QED) is 0.228. The third kappa shape index (κ3) is 5.13. The molecule has 0 fully saturated rings. The summed E-state index contributed by atoms with van der Waals surface area (Å²) in [5.74, 6) is -0.179. The van der Waals surface area contributed by atoms with Crippen LogP contribution in [0.3, 0.4) is 0 Å². The molecule has 12 heteroatoms. The van der Waals surface area contributed by atoms with Crippen molar-refractivity contribution in [3.05, 3.63) is 95.4 Å². The highest BCUT2D eigenvalue weighted by Gasteiger charge is 2.41. The van der Waals surface area contributed by atoms with Crippen LogP contribution >= 0.6 is 0 Å². The Bertz CT molecular complexity index is 1540. The van der Waals surface area contributed by atoms with Crippen LogP contribution in [0.25, 0.3) is 5.65 Å². The number of Topliss-reactive ketones (excluding diaryl/α,β-unsaturated/α-hetero) is 1. The molecule has 0 atom stereocenters. The number of aromatic nitrogens is 2. The molecule has 0 spiro atoms. The van der Waals surface area contributed by atoms with Gasteiger partial charge in [0, 0.05) is 30.6 Å². The van der Waals surface area contributed by atoms with Crippen LogP contribution in [0.1, 0.15) is 33.5 Å². The average molecular weight is 526 g/mol. The Labute approximate surface area is 200 Å². The molecule has 0 N–H and O–H groups in total. The Balaban J connectivity index is 1.55. The fourth-order valence-corrected chi connectivity index (χ4v) is 5.07. The Morgan fingerprint density at radius 2 is 1.58 bits per heavy atom. The number of nitrogens with zero attached hydrogens (tertiary/aromatic N) is 2. The zero-order valence-electron chi connectivity index (χ0n) is 18.1. The largest absolute Gasteiger partial charge is 0.417 e. The molecule has 0 unspecified atom stereocenters. The Kier molecular flexibility index (Phi) is 6.41. The van der Waals surface area contributed by atoms with E-state index >= 15 is 0 Å². The lowest BCUT2D eigenvalue weighted by atomic mass is 10.0. The molecule has 2 aromatic carbocycles. The van der Waals surface area contributed by atoms with Crippen molar-refractivity contribution in [1.29, 1.82) is 0 Å². The van der Waals surface area contributed by atoms with E-state index in [1.165, 1.54) is 12.1 Å². The molecule has 0 aliphatic heterocycles. The van der Waals surface area contributed by atoms with Crippen molar-refractivity contribution in [1.82, 2.24) is 9.38 Å². The monoisotopic (exact) mass is 526 g/mol. The summed E-state index contributed by atoms with van der Waals surface area (Å²) in [7, 11) is -4.78. The van der Waals surface area contributed by atoms with E-state index in [2.05, 4.69) is 4.98 Å². The first kappa shape index (κ1) is 25.4. The Hall–Kier alpha value is -3.67. The maximum absolute atomic E-state index is 13.4. The van der Waals surface area contributed by atoms with Gasteiger partial charge in [0.05, 0.1) is 20.9 Å². The van der Waals surface area contributed by atoms with E-state index in [9.17, 15) is 39.6 Å². The molecular weight excluding hydrogens is 510 g/mol. The zero-order valence-corrected chi connectivity index (χ0v) is 19.0. The van der Waals surface area contributed by atoms with Crippen LogP contribution in [0.15, 0.2) is 83.0 Å². The standard InChI is InChI=1S/C24H16F6N2O3S/c25-23(26,27)17-5-9-21(19(13-17)24(28,29)30)36(34,35)18-6-1-15(2-7-18)3-8-20(33)16-4-10-22-31-11-12-32(22)14-16/h1-2,4-7,9-14H,3,8H2. The molecule has 36 heavy (non-hydrogen) atoms. The molecule has 0 aliphatic carbocycles. The molecule has 0 saturated heterocycles. The number of halogens is 6. The lowest BCUT2D eigenvalue weighted by Gasteiger charge is -2.16. The van der Waals surface area contributed by atoms with Crippen LogP contribution in [-0.2, 0) is 28.6 Å². The summed E-state index contributed by atoms with van der Waals surface area (Å²) in [4.78, 5) is 14.8. The molecule has 0 aliphatic rings. The van der Waals surface area contributed by atoms with E-state index in [1.54, 1.807) is 35.1 Å². The predicted molar refractivity (Wildman–Crippen MR) is 116 cm³/mol. The Morgan fingerprint density at radius 3 is 2.22 bits per heavy atom. The van der Waals surface area contributed by atoms with Crippen LogP contribution in [0.4, 0.5) is 26.3 Å². The van der Waals surface area contributed by atoms with Crippen LogP contribution in [-0.4, -0.2) is 23.6 Å². The number of hydrogen-bond acceptors (Lipinski definition) is 4. The van der Waals surface area contributed by atoms with Gasteiger partial charge in [-0.1, -0.05) is 12.1 Å². The molecular formula is C24H16F6N2O3S. The van der Waals surface area contributed by atoms with Crippen molar-refractivity contribution < 1.29 is 39.6 Å². The second kappa shape index (κ2) is 9.08. The van der Waals surface area contributed by atoms with Crippen molar-refractivity contribution in [3.63, 3.8) is 0 Å². The summed E-state index contributed by atoms with van der Waals surface area (Å²) in [5, 5.41) is 0. The second-order valence-electron chi connectivity index (χ2n) is 7.89. The van der Waals surface area contributed by atoms with Gasteiger partial charge in [0.15, 0.2) is 5.78 Å². The van der Waals surface area contributed by atoms with Crippen LogP contribution in [0, 0.1) is 0 Å². The van der Waals surface area contributed by atoms with E-state index in [0.717, 1.165) is 12.1 Å². The number of hydrogen-bond donors (Lipinski definition) is 0. The number of aryl methyl sites for hydroxylation is 1. The first-order valence-corrected chi connectivity index (χ1v) is 11.8. The van der Waals surface area contributed by atoms with E-state index in [4.69, 9.17) is 0 Å². The first-order valence-electron chi connectivity index (χ1n) is 10.4. The highest BCUT2D eigenvalue weighted by Crippen LogP contribution is 2.40. The summed E-state index contributed by atoms with van der Waals surface area (Å²) in [6.45, 7) is 0. The van der Waals surface area contributed by atoms with Crippen molar-refractivity contribution >= 4 is 21.3 Å². The van der Waals surface area contributed by atoms with Gasteiger partial charge in [-0.3, -0.25) is 4.79 Å². The maximum Gasteiger partial charge on any atom is 0.417 e. The fourth-order valence-electron chi connectivity index (χ4n) is 3.61. The van der Waals surface area contributed by atoms with Crippen molar-refractivity contribution in [2.24, 2.45) is 0 Å². The van der Waals surface area contributed by atoms with Gasteiger partial charge < -0.3 is 4.40 Å². The second-order valence-corrected chi connectivity index (χ2v) is 9.81. The van der Waals surface area contributed by atoms with Gasteiger partial charge >= 0.3 is 12.4 Å². The topological polar surface area (TPSA) is 68.5 Å². The van der Waals surface area contributed by atoms with Gasteiger partial charge in [0.1, 0.15) is 5.65 Å². The van der Waals surface area contributed by atoms with E-state index in [0.29, 0.717) is 28.9 Å². The van der Waals surface area contributed by atoms with Crippen LogP contribution < -0.4 is 0 Å². The predicted octanol–water partition coefficient (Wildman–Crippen LogP) is 6.02. The highest BCUT2D eigenvalue weighted by molar-refractivity contribution is 7.91. The molecule has 0 bridgehead atoms. The number of benzene rings is 2. The van der Waals surface area contributed by atoms with E-state index in [-0.39, 0.29) is 24.7 Å². The third-order valence-electron chi connectivity index (χ3n) is 5.49. The molecule has 188 valence electrons. The minimum absolute atomic E-state index is 0.0867. The normalized spacial score (nSPS) is 12.7. The zero-order chi connectivity index (χ0) is 26.3. The molecule has 0 saturated carbocycles. The van der Waals surface area contributed by atoms with Gasteiger partial charge in [-0.15, -0.1) is 0 Å². The molecule has 4 aromatic rings. The number of imidazole rings is 1. The lowest BCUT2D eigenvalue weighted by molar-refractivity contribution is -0.144. The first-order chi connectivity index (χ1) is 16.8. The maximum atomic E-state index is 13.4. The molecule has 4 rings (SSSR count). The number of carbonyl (C=O) groups excluding carboxylic acids is 1. The summed E-state index contributed by atoms with van der Waals surface area (Å²) >= 11 is 0. The Morgan fingerprint density at radius 1 is 0.889 bits per heavy atom. The number of pyridine rings is 1. The van der Waals surface area contributed by atoms with Crippen LogP contribution in [0.5, 0.6) is 0 Å². The molecule has 5 nitrogen and oxygen atoms in total. The fraction of sp³-hybridized carbons (Fsp3) is 0.167. The van der Waals surface area contributed by atoms with E-state index < -0.39 is 43.1 Å². The molecule has 2 aromatic heterocycles. The molecule has 0 amide bonds. The van der Waals surface area contributed by atoms with Gasteiger partial charge in [0.2, 0.25) is 9.84 Å². The summed E-state index contributed by atoms with van der Waals surface area (Å²) in [5.41, 5.74) is -1.84. The minimum atomic E-state index is -5.33. The van der Waals surface area contributed by atoms with E-state index in [1.807, 2.05) is 0 Å². The summed E-state index contributed by atoms with van der Waals surface area (Å²) in [6, 6.07) is 8.51. The highest BCUT2D eigenvalue weighted by atomic mass is 32.2. The number of carbonyl (C=O) groups is 1. The smallest absolute Gasteiger partial charge is 0.306 e. The van der Waals surface area contributed by atoms with Crippen LogP contribution in [0.2, 0.25) is 0 Å². The average Bonchev–Trinajstić information content (AvgIpc) is 3.29. The number of alkyl halides is 6. The van der Waals surface area contributed by atoms with Crippen molar-refractivity contribution in [2.45, 2.75) is 35.0 Å².